The maximum absolute atomic E-state index is 12.2. The average Bonchev–Trinajstić information content (AvgIpc) is 2.56. The van der Waals surface area contributed by atoms with Crippen molar-refractivity contribution in [1.82, 2.24) is 5.32 Å². The molecular weight excluding hydrogens is 292 g/mol. The van der Waals surface area contributed by atoms with Gasteiger partial charge in [0.1, 0.15) is 0 Å². The summed E-state index contributed by atoms with van der Waals surface area (Å²) in [5.41, 5.74) is 7.05. The Kier molecular flexibility index (Phi) is 6.59. The monoisotopic (exact) mass is 318 g/mol. The second-order valence-electron chi connectivity index (χ2n) is 6.11. The molecule has 0 heterocycles. The van der Waals surface area contributed by atoms with Crippen LogP contribution in [0.3, 0.4) is 0 Å². The van der Waals surface area contributed by atoms with E-state index in [0.717, 1.165) is 31.2 Å². The van der Waals surface area contributed by atoms with Gasteiger partial charge in [0.05, 0.1) is 18.6 Å². The van der Waals surface area contributed by atoms with Gasteiger partial charge in [-0.1, -0.05) is 30.3 Å². The van der Waals surface area contributed by atoms with Gasteiger partial charge in [-0.05, 0) is 44.6 Å². The van der Waals surface area contributed by atoms with Crippen molar-refractivity contribution < 1.29 is 14.3 Å². The fourth-order valence-corrected chi connectivity index (χ4v) is 3.00. The molecule has 0 aromatic heterocycles. The van der Waals surface area contributed by atoms with Crippen molar-refractivity contribution in [2.75, 3.05) is 6.61 Å². The van der Waals surface area contributed by atoms with E-state index in [2.05, 4.69) is 5.32 Å². The molecule has 5 nitrogen and oxygen atoms in total. The maximum Gasteiger partial charge on any atom is 0.308 e. The molecular formula is C18H26N2O3. The Balaban J connectivity index is 1.75. The second-order valence-corrected chi connectivity index (χ2v) is 6.11. The number of nitrogens with two attached hydrogens (primary N) is 1. The quantitative estimate of drug-likeness (QED) is 0.784. The Morgan fingerprint density at radius 1 is 1.22 bits per heavy atom. The van der Waals surface area contributed by atoms with Crippen molar-refractivity contribution in [3.8, 4) is 0 Å². The second kappa shape index (κ2) is 8.67. The summed E-state index contributed by atoms with van der Waals surface area (Å²) < 4.78 is 5.06. The number of hydrogen-bond acceptors (Lipinski definition) is 4. The van der Waals surface area contributed by atoms with E-state index in [0.29, 0.717) is 13.0 Å². The van der Waals surface area contributed by atoms with Gasteiger partial charge in [-0.3, -0.25) is 9.59 Å². The summed E-state index contributed by atoms with van der Waals surface area (Å²) in [5.74, 6) is -0.257. The third kappa shape index (κ3) is 5.36. The van der Waals surface area contributed by atoms with Crippen LogP contribution in [0.5, 0.6) is 0 Å². The van der Waals surface area contributed by atoms with Gasteiger partial charge < -0.3 is 15.8 Å². The van der Waals surface area contributed by atoms with Crippen LogP contribution in [0.4, 0.5) is 0 Å². The van der Waals surface area contributed by atoms with Gasteiger partial charge in [-0.2, -0.15) is 0 Å². The summed E-state index contributed by atoms with van der Waals surface area (Å²) in [6.45, 7) is 2.24. The number of carbonyl (C=O) groups excluding carboxylic acids is 2. The lowest BCUT2D eigenvalue weighted by Crippen LogP contribution is -2.47. The first-order chi connectivity index (χ1) is 11.1. The molecule has 0 spiro atoms. The number of nitrogens with one attached hydrogen (secondary N) is 1. The topological polar surface area (TPSA) is 81.4 Å². The summed E-state index contributed by atoms with van der Waals surface area (Å²) in [4.78, 5) is 23.9. The predicted molar refractivity (Wildman–Crippen MR) is 88.6 cm³/mol. The molecule has 0 aliphatic heterocycles. The molecule has 1 aliphatic carbocycles. The Hall–Kier alpha value is -1.88. The molecule has 1 amide bonds. The lowest BCUT2D eigenvalue weighted by Gasteiger charge is -2.28. The summed E-state index contributed by atoms with van der Waals surface area (Å²) in [6.07, 6.45) is 3.65. The standard InChI is InChI=1S/C18H26N2O3/c1-2-23-18(22)14-8-10-15(11-9-14)20-17(21)16(19)12-13-6-4-3-5-7-13/h3-7,14-16H,2,8-12,19H2,1H3,(H,20,21)/t14?,15?,16-/m0/s1. The highest BCUT2D eigenvalue weighted by Crippen LogP contribution is 2.25. The lowest BCUT2D eigenvalue weighted by molar-refractivity contribution is -0.149. The zero-order valence-electron chi connectivity index (χ0n) is 13.7. The van der Waals surface area contributed by atoms with Crippen molar-refractivity contribution in [3.05, 3.63) is 35.9 Å². The molecule has 1 aliphatic rings. The fraction of sp³-hybridized carbons (Fsp3) is 0.556. The van der Waals surface area contributed by atoms with Crippen molar-refractivity contribution in [1.29, 1.82) is 0 Å². The van der Waals surface area contributed by atoms with Crippen LogP contribution in [-0.4, -0.2) is 30.6 Å². The molecule has 0 unspecified atom stereocenters. The molecule has 1 aromatic carbocycles. The highest BCUT2D eigenvalue weighted by atomic mass is 16.5. The normalized spacial score (nSPS) is 22.2. The number of amides is 1. The van der Waals surface area contributed by atoms with E-state index in [9.17, 15) is 9.59 Å². The van der Waals surface area contributed by atoms with Crippen molar-refractivity contribution in [2.45, 2.75) is 51.1 Å². The zero-order valence-corrected chi connectivity index (χ0v) is 13.7. The minimum Gasteiger partial charge on any atom is -0.466 e. The molecule has 1 fully saturated rings. The van der Waals surface area contributed by atoms with Crippen molar-refractivity contribution in [2.24, 2.45) is 11.7 Å². The van der Waals surface area contributed by atoms with E-state index in [1.54, 1.807) is 0 Å². The van der Waals surface area contributed by atoms with E-state index in [1.807, 2.05) is 37.3 Å². The largest absolute Gasteiger partial charge is 0.466 e. The molecule has 0 radical (unpaired) electrons. The Morgan fingerprint density at radius 3 is 2.48 bits per heavy atom. The zero-order chi connectivity index (χ0) is 16.7. The molecule has 3 N–H and O–H groups in total. The predicted octanol–water partition coefficient (Wildman–Crippen LogP) is 1.79. The van der Waals surface area contributed by atoms with Gasteiger partial charge in [0.2, 0.25) is 5.91 Å². The fourth-order valence-electron chi connectivity index (χ4n) is 3.00. The summed E-state index contributed by atoms with van der Waals surface area (Å²) in [5, 5.41) is 3.01. The molecule has 1 atom stereocenters. The van der Waals surface area contributed by atoms with Gasteiger partial charge in [-0.25, -0.2) is 0 Å². The van der Waals surface area contributed by atoms with E-state index >= 15 is 0 Å². The molecule has 5 heteroatoms. The van der Waals surface area contributed by atoms with Crippen LogP contribution in [-0.2, 0) is 20.7 Å². The summed E-state index contributed by atoms with van der Waals surface area (Å²) in [7, 11) is 0. The Bertz CT molecular complexity index is 510. The molecule has 126 valence electrons. The van der Waals surface area contributed by atoms with E-state index in [-0.39, 0.29) is 23.8 Å². The third-order valence-corrected chi connectivity index (χ3v) is 4.33. The van der Waals surface area contributed by atoms with Gasteiger partial charge in [-0.15, -0.1) is 0 Å². The Labute approximate surface area is 137 Å². The highest BCUT2D eigenvalue weighted by Gasteiger charge is 2.28. The van der Waals surface area contributed by atoms with Crippen LogP contribution in [0.2, 0.25) is 0 Å². The first-order valence-corrected chi connectivity index (χ1v) is 8.36. The van der Waals surface area contributed by atoms with Crippen LogP contribution in [0.1, 0.15) is 38.2 Å². The van der Waals surface area contributed by atoms with E-state index in [4.69, 9.17) is 10.5 Å². The minimum atomic E-state index is -0.541. The van der Waals surface area contributed by atoms with Gasteiger partial charge in [0, 0.05) is 6.04 Å². The smallest absolute Gasteiger partial charge is 0.308 e. The summed E-state index contributed by atoms with van der Waals surface area (Å²) >= 11 is 0. The molecule has 23 heavy (non-hydrogen) atoms. The number of ether oxygens (including phenoxy) is 1. The van der Waals surface area contributed by atoms with E-state index in [1.165, 1.54) is 0 Å². The van der Waals surface area contributed by atoms with Crippen LogP contribution < -0.4 is 11.1 Å². The number of esters is 1. The van der Waals surface area contributed by atoms with Crippen molar-refractivity contribution in [3.63, 3.8) is 0 Å². The molecule has 1 saturated carbocycles. The molecule has 1 aromatic rings. The van der Waals surface area contributed by atoms with Crippen molar-refractivity contribution >= 4 is 11.9 Å². The van der Waals surface area contributed by atoms with Crippen LogP contribution >= 0.6 is 0 Å². The number of rotatable bonds is 6. The highest BCUT2D eigenvalue weighted by molar-refractivity contribution is 5.82. The lowest BCUT2D eigenvalue weighted by atomic mass is 9.86. The van der Waals surface area contributed by atoms with Crippen LogP contribution in [0, 0.1) is 5.92 Å². The molecule has 0 bridgehead atoms. The maximum atomic E-state index is 12.2. The SMILES string of the molecule is CCOC(=O)C1CCC(NC(=O)[C@@H](N)Cc2ccccc2)CC1. The number of carbonyl (C=O) groups is 2. The van der Waals surface area contributed by atoms with Gasteiger partial charge >= 0.3 is 5.97 Å². The molecule has 0 saturated heterocycles. The first-order valence-electron chi connectivity index (χ1n) is 8.36. The number of hydrogen-bond donors (Lipinski definition) is 2. The number of benzene rings is 1. The summed E-state index contributed by atoms with van der Waals surface area (Å²) in [6, 6.07) is 9.33. The first kappa shape index (κ1) is 17.5. The van der Waals surface area contributed by atoms with Gasteiger partial charge in [0.15, 0.2) is 0 Å². The third-order valence-electron chi connectivity index (χ3n) is 4.33. The minimum absolute atomic E-state index is 0.0268. The Morgan fingerprint density at radius 2 is 1.87 bits per heavy atom. The van der Waals surface area contributed by atoms with Crippen LogP contribution in [0.15, 0.2) is 30.3 Å². The van der Waals surface area contributed by atoms with E-state index < -0.39 is 6.04 Å². The average molecular weight is 318 g/mol. The van der Waals surface area contributed by atoms with Gasteiger partial charge in [0.25, 0.3) is 0 Å². The molecule has 2 rings (SSSR count). The van der Waals surface area contributed by atoms with Crippen LogP contribution in [0.25, 0.3) is 0 Å².